The van der Waals surface area contributed by atoms with Crippen molar-refractivity contribution in [3.8, 4) is 0 Å². The van der Waals surface area contributed by atoms with Gasteiger partial charge in [-0.3, -0.25) is 9.69 Å². The minimum atomic E-state index is -3.28. The molecule has 0 unspecified atom stereocenters. The second kappa shape index (κ2) is 7.33. The van der Waals surface area contributed by atoms with Gasteiger partial charge in [0.05, 0.1) is 15.1 Å². The zero-order chi connectivity index (χ0) is 19.8. The number of thiazole rings is 1. The first-order valence-electron chi connectivity index (χ1n) is 8.51. The summed E-state index contributed by atoms with van der Waals surface area (Å²) < 4.78 is 24.4. The van der Waals surface area contributed by atoms with Crippen LogP contribution in [0.3, 0.4) is 0 Å². The quantitative estimate of drug-likeness (QED) is 0.612. The van der Waals surface area contributed by atoms with Crippen molar-refractivity contribution in [2.75, 3.05) is 17.7 Å². The highest BCUT2D eigenvalue weighted by Gasteiger charge is 2.30. The van der Waals surface area contributed by atoms with Crippen LogP contribution in [0.1, 0.15) is 25.6 Å². The topological polar surface area (TPSA) is 67.3 Å². The standard InChI is InChI=1S/C19H22N2O3S3/c1-19(2,3)17(22)21(10-9-13-6-5-11-25-13)18-20-15-8-7-14(27(4,23)24)12-16(15)26-18/h5-8,11-12H,9-10H2,1-4H3. The van der Waals surface area contributed by atoms with Gasteiger partial charge in [-0.1, -0.05) is 38.2 Å². The van der Waals surface area contributed by atoms with E-state index in [1.807, 2.05) is 32.2 Å². The van der Waals surface area contributed by atoms with Crippen molar-refractivity contribution < 1.29 is 13.2 Å². The Morgan fingerprint density at radius 2 is 1.96 bits per heavy atom. The zero-order valence-electron chi connectivity index (χ0n) is 15.7. The van der Waals surface area contributed by atoms with Crippen LogP contribution in [0, 0.1) is 5.41 Å². The molecule has 0 bridgehead atoms. The van der Waals surface area contributed by atoms with Crippen molar-refractivity contribution in [1.82, 2.24) is 4.98 Å². The van der Waals surface area contributed by atoms with Crippen LogP contribution in [0.5, 0.6) is 0 Å². The van der Waals surface area contributed by atoms with Gasteiger partial charge in [0, 0.05) is 23.1 Å². The Labute approximate surface area is 167 Å². The third-order valence-corrected chi connectivity index (χ3v) is 7.14. The van der Waals surface area contributed by atoms with Crippen LogP contribution < -0.4 is 4.90 Å². The molecule has 1 amide bonds. The number of rotatable bonds is 5. The summed E-state index contributed by atoms with van der Waals surface area (Å²) in [5, 5.41) is 2.63. The third kappa shape index (κ3) is 4.56. The number of benzene rings is 1. The number of anilines is 1. The van der Waals surface area contributed by atoms with Gasteiger partial charge in [-0.15, -0.1) is 11.3 Å². The summed E-state index contributed by atoms with van der Waals surface area (Å²) in [5.41, 5.74) is 0.163. The van der Waals surface area contributed by atoms with E-state index in [4.69, 9.17) is 0 Å². The summed E-state index contributed by atoms with van der Waals surface area (Å²) in [6.07, 6.45) is 1.94. The summed E-state index contributed by atoms with van der Waals surface area (Å²) in [6, 6.07) is 8.94. The highest BCUT2D eigenvalue weighted by Crippen LogP contribution is 2.33. The molecule has 0 N–H and O–H groups in total. The molecular weight excluding hydrogens is 400 g/mol. The molecule has 2 heterocycles. The first-order chi connectivity index (χ1) is 12.6. The van der Waals surface area contributed by atoms with Crippen molar-refractivity contribution in [1.29, 1.82) is 0 Å². The number of fused-ring (bicyclic) bond motifs is 1. The van der Waals surface area contributed by atoms with Crippen molar-refractivity contribution in [3.05, 3.63) is 40.6 Å². The molecule has 3 aromatic rings. The fourth-order valence-electron chi connectivity index (χ4n) is 2.60. The molecule has 0 aliphatic heterocycles. The van der Waals surface area contributed by atoms with E-state index in [2.05, 4.69) is 11.1 Å². The minimum absolute atomic E-state index is 0.00134. The third-order valence-electron chi connectivity index (χ3n) is 4.06. The smallest absolute Gasteiger partial charge is 0.234 e. The van der Waals surface area contributed by atoms with E-state index >= 15 is 0 Å². The van der Waals surface area contributed by atoms with Crippen molar-refractivity contribution in [3.63, 3.8) is 0 Å². The number of thiophene rings is 1. The molecule has 3 rings (SSSR count). The Morgan fingerprint density at radius 3 is 2.56 bits per heavy atom. The average Bonchev–Trinajstić information content (AvgIpc) is 3.21. The van der Waals surface area contributed by atoms with E-state index in [0.717, 1.165) is 11.1 Å². The second-order valence-corrected chi connectivity index (χ2v) is 11.5. The predicted molar refractivity (Wildman–Crippen MR) is 113 cm³/mol. The van der Waals surface area contributed by atoms with Gasteiger partial charge in [-0.25, -0.2) is 13.4 Å². The van der Waals surface area contributed by atoms with Crippen LogP contribution in [0.4, 0.5) is 5.13 Å². The Balaban J connectivity index is 1.98. The maximum atomic E-state index is 13.0. The molecule has 0 atom stereocenters. The van der Waals surface area contributed by atoms with Gasteiger partial charge in [-0.05, 0) is 36.1 Å². The molecule has 0 saturated heterocycles. The van der Waals surface area contributed by atoms with Crippen LogP contribution in [0.25, 0.3) is 10.2 Å². The van der Waals surface area contributed by atoms with Gasteiger partial charge in [0.15, 0.2) is 15.0 Å². The van der Waals surface area contributed by atoms with Crippen LogP contribution in [-0.2, 0) is 21.1 Å². The van der Waals surface area contributed by atoms with E-state index < -0.39 is 15.3 Å². The van der Waals surface area contributed by atoms with Crippen LogP contribution in [0.2, 0.25) is 0 Å². The van der Waals surface area contributed by atoms with Gasteiger partial charge in [0.2, 0.25) is 5.91 Å². The Bertz CT molecular complexity index is 1060. The van der Waals surface area contributed by atoms with E-state index in [9.17, 15) is 13.2 Å². The number of carbonyl (C=O) groups excluding carboxylic acids is 1. The molecule has 0 fully saturated rings. The van der Waals surface area contributed by atoms with E-state index in [-0.39, 0.29) is 10.8 Å². The number of aromatic nitrogens is 1. The van der Waals surface area contributed by atoms with Crippen molar-refractivity contribution in [2.45, 2.75) is 32.1 Å². The molecule has 0 aliphatic rings. The lowest BCUT2D eigenvalue weighted by molar-refractivity contribution is -0.125. The molecule has 2 aromatic heterocycles. The number of nitrogens with zero attached hydrogens (tertiary/aromatic N) is 2. The fourth-order valence-corrected chi connectivity index (χ4v) is 5.05. The minimum Gasteiger partial charge on any atom is -0.287 e. The van der Waals surface area contributed by atoms with Gasteiger partial charge in [0.25, 0.3) is 0 Å². The molecule has 0 saturated carbocycles. The molecule has 0 radical (unpaired) electrons. The van der Waals surface area contributed by atoms with Gasteiger partial charge >= 0.3 is 0 Å². The maximum Gasteiger partial charge on any atom is 0.234 e. The number of hydrogen-bond acceptors (Lipinski definition) is 6. The highest BCUT2D eigenvalue weighted by molar-refractivity contribution is 7.90. The first-order valence-corrected chi connectivity index (χ1v) is 12.1. The molecule has 0 aliphatic carbocycles. The molecule has 27 heavy (non-hydrogen) atoms. The van der Waals surface area contributed by atoms with Crippen molar-refractivity contribution >= 4 is 53.8 Å². The molecule has 144 valence electrons. The number of carbonyl (C=O) groups is 1. The van der Waals surface area contributed by atoms with E-state index in [1.54, 1.807) is 34.4 Å². The van der Waals surface area contributed by atoms with E-state index in [1.165, 1.54) is 22.5 Å². The fraction of sp³-hybridized carbons (Fsp3) is 0.368. The zero-order valence-corrected chi connectivity index (χ0v) is 18.2. The normalized spacial score (nSPS) is 12.4. The van der Waals surface area contributed by atoms with Crippen LogP contribution >= 0.6 is 22.7 Å². The maximum absolute atomic E-state index is 13.0. The van der Waals surface area contributed by atoms with E-state index in [0.29, 0.717) is 17.2 Å². The molecule has 1 aromatic carbocycles. The number of hydrogen-bond donors (Lipinski definition) is 0. The lowest BCUT2D eigenvalue weighted by atomic mass is 9.95. The number of amides is 1. The molecule has 8 heteroatoms. The predicted octanol–water partition coefficient (Wildman–Crippen LogP) is 4.38. The summed E-state index contributed by atoms with van der Waals surface area (Å²) in [5.74, 6) is 0.00134. The highest BCUT2D eigenvalue weighted by atomic mass is 32.2. The van der Waals surface area contributed by atoms with Crippen LogP contribution in [0.15, 0.2) is 40.6 Å². The summed E-state index contributed by atoms with van der Waals surface area (Å²) in [4.78, 5) is 20.8. The Kier molecular flexibility index (Phi) is 5.42. The summed E-state index contributed by atoms with van der Waals surface area (Å²) in [7, 11) is -3.28. The second-order valence-electron chi connectivity index (χ2n) is 7.43. The first kappa shape index (κ1) is 20.0. The Morgan fingerprint density at radius 1 is 1.22 bits per heavy atom. The summed E-state index contributed by atoms with van der Waals surface area (Å²) >= 11 is 3.02. The lowest BCUT2D eigenvalue weighted by Crippen LogP contribution is -2.40. The lowest BCUT2D eigenvalue weighted by Gasteiger charge is -2.27. The summed E-state index contributed by atoms with van der Waals surface area (Å²) in [6.45, 7) is 6.21. The van der Waals surface area contributed by atoms with Gasteiger partial charge in [-0.2, -0.15) is 0 Å². The van der Waals surface area contributed by atoms with Gasteiger partial charge in [0.1, 0.15) is 0 Å². The molecular formula is C19H22N2O3S3. The molecule has 5 nitrogen and oxygen atoms in total. The largest absolute Gasteiger partial charge is 0.287 e. The number of sulfone groups is 1. The SMILES string of the molecule is CC(C)(C)C(=O)N(CCc1cccs1)c1nc2ccc(S(C)(=O)=O)cc2s1. The van der Waals surface area contributed by atoms with Crippen molar-refractivity contribution in [2.24, 2.45) is 5.41 Å². The Hall–Kier alpha value is -1.77. The average molecular weight is 423 g/mol. The van der Waals surface area contributed by atoms with Gasteiger partial charge < -0.3 is 0 Å². The monoisotopic (exact) mass is 422 g/mol. The molecule has 0 spiro atoms. The van der Waals surface area contributed by atoms with Crippen LogP contribution in [-0.4, -0.2) is 32.1 Å².